The molecular weight excluding hydrogens is 479 g/mol. The summed E-state index contributed by atoms with van der Waals surface area (Å²) >= 11 is 2.45. The number of aliphatic carboxylic acids is 1. The SMILES string of the molecule is CCCCC(C)(C)[C@H](O)C=C[C@H]1[C@H]2C[C@H]([C@H](I)CCC(C)C(=O)O)O[C@H]2C[C@H]1C. The summed E-state index contributed by atoms with van der Waals surface area (Å²) in [5.74, 6) is 0.557. The van der Waals surface area contributed by atoms with E-state index in [2.05, 4.69) is 56.4 Å². The van der Waals surface area contributed by atoms with E-state index in [1.54, 1.807) is 6.92 Å². The van der Waals surface area contributed by atoms with Crippen LogP contribution in [0, 0.1) is 29.1 Å². The summed E-state index contributed by atoms with van der Waals surface area (Å²) in [6.07, 6.45) is 11.5. The van der Waals surface area contributed by atoms with Crippen molar-refractivity contribution in [1.82, 2.24) is 0 Å². The molecule has 0 radical (unpaired) electrons. The van der Waals surface area contributed by atoms with Crippen LogP contribution < -0.4 is 0 Å². The molecule has 0 aromatic carbocycles. The molecule has 29 heavy (non-hydrogen) atoms. The molecule has 8 atom stereocenters. The zero-order valence-electron chi connectivity index (χ0n) is 18.8. The maximum Gasteiger partial charge on any atom is 0.306 e. The van der Waals surface area contributed by atoms with Gasteiger partial charge in [-0.25, -0.2) is 0 Å². The number of rotatable bonds is 11. The number of alkyl halides is 1. The summed E-state index contributed by atoms with van der Waals surface area (Å²) in [4.78, 5) is 11.1. The molecule has 1 heterocycles. The first-order chi connectivity index (χ1) is 13.6. The van der Waals surface area contributed by atoms with Crippen LogP contribution in [0.1, 0.15) is 79.6 Å². The van der Waals surface area contributed by atoms with E-state index in [-0.39, 0.29) is 17.4 Å². The molecule has 1 aliphatic carbocycles. The molecule has 0 amide bonds. The van der Waals surface area contributed by atoms with Gasteiger partial charge >= 0.3 is 5.97 Å². The molecule has 2 fully saturated rings. The Morgan fingerprint density at radius 2 is 2.00 bits per heavy atom. The third kappa shape index (κ3) is 6.67. The van der Waals surface area contributed by atoms with Crippen LogP contribution in [0.4, 0.5) is 0 Å². The molecule has 0 spiro atoms. The van der Waals surface area contributed by atoms with Crippen molar-refractivity contribution in [1.29, 1.82) is 0 Å². The summed E-state index contributed by atoms with van der Waals surface area (Å²) in [6.45, 7) is 10.6. The van der Waals surface area contributed by atoms with Crippen molar-refractivity contribution in [2.75, 3.05) is 0 Å². The summed E-state index contributed by atoms with van der Waals surface area (Å²) in [6, 6.07) is 0. The number of hydrogen-bond acceptors (Lipinski definition) is 3. The first-order valence-corrected chi connectivity index (χ1v) is 12.7. The van der Waals surface area contributed by atoms with Crippen LogP contribution in [0.5, 0.6) is 0 Å². The monoisotopic (exact) mass is 520 g/mol. The van der Waals surface area contributed by atoms with Crippen LogP contribution in [0.2, 0.25) is 0 Å². The Bertz CT molecular complexity index is 561. The predicted octanol–water partition coefficient (Wildman–Crippen LogP) is 5.85. The number of halogens is 1. The van der Waals surface area contributed by atoms with E-state index in [1.807, 2.05) is 6.08 Å². The molecule has 0 bridgehead atoms. The number of fused-ring (bicyclic) bond motifs is 1. The Balaban J connectivity index is 1.92. The number of allylic oxidation sites excluding steroid dienone is 1. The van der Waals surface area contributed by atoms with Gasteiger partial charge < -0.3 is 14.9 Å². The van der Waals surface area contributed by atoms with E-state index in [4.69, 9.17) is 9.84 Å². The minimum Gasteiger partial charge on any atom is -0.481 e. The molecule has 0 aromatic rings. The molecule has 168 valence electrons. The molecule has 2 aliphatic rings. The van der Waals surface area contributed by atoms with E-state index in [0.29, 0.717) is 34.2 Å². The number of ether oxygens (including phenoxy) is 1. The van der Waals surface area contributed by atoms with Crippen LogP contribution in [-0.4, -0.2) is 38.4 Å². The van der Waals surface area contributed by atoms with Crippen LogP contribution in [0.25, 0.3) is 0 Å². The second-order valence-electron chi connectivity index (χ2n) is 10.2. The number of carboxylic acids is 1. The number of carbonyl (C=O) groups is 1. The second-order valence-corrected chi connectivity index (χ2v) is 11.8. The van der Waals surface area contributed by atoms with Gasteiger partial charge in [-0.2, -0.15) is 0 Å². The van der Waals surface area contributed by atoms with Crippen LogP contribution >= 0.6 is 22.6 Å². The summed E-state index contributed by atoms with van der Waals surface area (Å²) in [5.41, 5.74) is -0.0867. The number of hydrogen-bond donors (Lipinski definition) is 2. The van der Waals surface area contributed by atoms with Crippen molar-refractivity contribution in [3.8, 4) is 0 Å². The van der Waals surface area contributed by atoms with Crippen molar-refractivity contribution < 1.29 is 19.7 Å². The molecule has 2 rings (SSSR count). The van der Waals surface area contributed by atoms with Gasteiger partial charge in [0.05, 0.1) is 24.2 Å². The van der Waals surface area contributed by atoms with Crippen molar-refractivity contribution >= 4 is 28.6 Å². The molecule has 1 unspecified atom stereocenters. The number of unbranched alkanes of at least 4 members (excludes halogenated alkanes) is 1. The van der Waals surface area contributed by atoms with Gasteiger partial charge in [0.15, 0.2) is 0 Å². The molecule has 0 aromatic heterocycles. The highest BCUT2D eigenvalue weighted by atomic mass is 127. The van der Waals surface area contributed by atoms with Crippen molar-refractivity contribution in [3.05, 3.63) is 12.2 Å². The summed E-state index contributed by atoms with van der Waals surface area (Å²) < 4.78 is 6.78. The molecular formula is C24H41IO4. The first-order valence-electron chi connectivity index (χ1n) is 11.5. The maximum absolute atomic E-state index is 11.1. The van der Waals surface area contributed by atoms with E-state index in [0.717, 1.165) is 38.5 Å². The van der Waals surface area contributed by atoms with Crippen molar-refractivity contribution in [2.45, 2.75) is 102 Å². The van der Waals surface area contributed by atoms with E-state index < -0.39 is 12.1 Å². The van der Waals surface area contributed by atoms with E-state index >= 15 is 0 Å². The summed E-state index contributed by atoms with van der Waals surface area (Å²) in [5, 5.41) is 19.8. The highest BCUT2D eigenvalue weighted by Gasteiger charge is 2.48. The van der Waals surface area contributed by atoms with Gasteiger partial charge in [-0.15, -0.1) is 0 Å². The Morgan fingerprint density at radius 1 is 1.31 bits per heavy atom. The number of aliphatic hydroxyl groups excluding tert-OH is 1. The molecule has 2 N–H and O–H groups in total. The zero-order valence-corrected chi connectivity index (χ0v) is 21.0. The highest BCUT2D eigenvalue weighted by molar-refractivity contribution is 14.1. The van der Waals surface area contributed by atoms with Crippen LogP contribution in [0.15, 0.2) is 12.2 Å². The van der Waals surface area contributed by atoms with E-state index in [9.17, 15) is 9.90 Å². The number of aliphatic hydroxyl groups is 1. The number of carboxylic acid groups (broad SMARTS) is 1. The van der Waals surface area contributed by atoms with Crippen LogP contribution in [0.3, 0.4) is 0 Å². The zero-order chi connectivity index (χ0) is 21.8. The Morgan fingerprint density at radius 3 is 2.62 bits per heavy atom. The second kappa shape index (κ2) is 10.9. The van der Waals surface area contributed by atoms with Gasteiger partial charge in [-0.05, 0) is 55.3 Å². The lowest BCUT2D eigenvalue weighted by atomic mass is 9.80. The molecule has 1 saturated carbocycles. The predicted molar refractivity (Wildman–Crippen MR) is 126 cm³/mol. The Kier molecular flexibility index (Phi) is 9.48. The molecule has 1 aliphatic heterocycles. The Hall–Kier alpha value is -0.140. The minimum absolute atomic E-state index is 0.0867. The fourth-order valence-electron chi connectivity index (χ4n) is 4.94. The average molecular weight is 520 g/mol. The topological polar surface area (TPSA) is 66.8 Å². The minimum atomic E-state index is -0.711. The Labute approximate surface area is 191 Å². The van der Waals surface area contributed by atoms with Crippen molar-refractivity contribution in [3.63, 3.8) is 0 Å². The fraction of sp³-hybridized carbons (Fsp3) is 0.875. The van der Waals surface area contributed by atoms with Gasteiger partial charge in [0.1, 0.15) is 0 Å². The third-order valence-corrected chi connectivity index (χ3v) is 8.70. The molecule has 1 saturated heterocycles. The third-order valence-electron chi connectivity index (χ3n) is 7.28. The lowest BCUT2D eigenvalue weighted by Crippen LogP contribution is -2.28. The summed E-state index contributed by atoms with van der Waals surface area (Å²) in [7, 11) is 0. The quantitative estimate of drug-likeness (QED) is 0.204. The first kappa shape index (κ1) is 25.1. The maximum atomic E-state index is 11.1. The van der Waals surface area contributed by atoms with Gasteiger partial charge in [-0.1, -0.05) is 82.2 Å². The normalized spacial score (nSPS) is 33.0. The average Bonchev–Trinajstić information content (AvgIpc) is 3.19. The van der Waals surface area contributed by atoms with Gasteiger partial charge in [-0.3, -0.25) is 4.79 Å². The lowest BCUT2D eigenvalue weighted by molar-refractivity contribution is -0.141. The van der Waals surface area contributed by atoms with Crippen molar-refractivity contribution in [2.24, 2.45) is 29.1 Å². The molecule has 5 heteroatoms. The van der Waals surface area contributed by atoms with Gasteiger partial charge in [0.25, 0.3) is 0 Å². The lowest BCUT2D eigenvalue weighted by Gasteiger charge is -2.29. The smallest absolute Gasteiger partial charge is 0.306 e. The fourth-order valence-corrected chi connectivity index (χ4v) is 5.76. The van der Waals surface area contributed by atoms with Gasteiger partial charge in [0, 0.05) is 3.92 Å². The largest absolute Gasteiger partial charge is 0.481 e. The van der Waals surface area contributed by atoms with Gasteiger partial charge in [0.2, 0.25) is 0 Å². The molecule has 4 nitrogen and oxygen atoms in total. The highest BCUT2D eigenvalue weighted by Crippen LogP contribution is 2.49. The van der Waals surface area contributed by atoms with Crippen LogP contribution in [-0.2, 0) is 9.53 Å². The van der Waals surface area contributed by atoms with E-state index in [1.165, 1.54) is 0 Å². The standard InChI is InChI=1S/C24H41IO4/c1-6-7-12-24(4,5)22(26)11-9-17-16(3)13-20-18(17)14-21(29-20)19(25)10-8-15(2)23(27)28/h9,11,15-22,26H,6-8,10,12-14H2,1-5H3,(H,27,28)/t15?,16-,17-,18-,19-,20+,21-,22-/m1/s1.